The number of aryl methyl sites for hydroxylation is 1. The molecule has 1 aromatic heterocycles. The second-order valence-electron chi connectivity index (χ2n) is 2.10. The van der Waals surface area contributed by atoms with Gasteiger partial charge in [-0.05, 0) is 0 Å². The first-order valence-electron chi connectivity index (χ1n) is 2.97. The highest BCUT2D eigenvalue weighted by Gasteiger charge is 2.11. The van der Waals surface area contributed by atoms with E-state index in [2.05, 4.69) is 0 Å². The molecule has 1 heterocycles. The van der Waals surface area contributed by atoms with Gasteiger partial charge in [-0.2, -0.15) is 0 Å². The van der Waals surface area contributed by atoms with Crippen LogP contribution in [0.4, 0.5) is 0 Å². The average Bonchev–Trinajstić information content (AvgIpc) is 1.97. The van der Waals surface area contributed by atoms with E-state index in [0.29, 0.717) is 0 Å². The van der Waals surface area contributed by atoms with Gasteiger partial charge in [-0.15, -0.1) is 0 Å². The van der Waals surface area contributed by atoms with Crippen molar-refractivity contribution in [2.24, 2.45) is 7.05 Å². The summed E-state index contributed by atoms with van der Waals surface area (Å²) < 4.78 is 0.893. The summed E-state index contributed by atoms with van der Waals surface area (Å²) in [5.74, 6) is 0. The Balaban J connectivity index is 3.67. The molecule has 0 aliphatic carbocycles. The van der Waals surface area contributed by atoms with Crippen LogP contribution in [0.5, 0.6) is 0 Å². The van der Waals surface area contributed by atoms with E-state index >= 15 is 0 Å². The van der Waals surface area contributed by atoms with Crippen LogP contribution in [0.2, 0.25) is 0 Å². The molecule has 0 N–H and O–H groups in total. The summed E-state index contributed by atoms with van der Waals surface area (Å²) in [7, 11) is 1.32. The Kier molecular flexibility index (Phi) is 1.78. The van der Waals surface area contributed by atoms with Crippen molar-refractivity contribution in [3.05, 3.63) is 43.2 Å². The number of nitrogens with zero attached hydrogens (tertiary/aromatic N) is 3. The highest BCUT2D eigenvalue weighted by molar-refractivity contribution is 4.82. The van der Waals surface area contributed by atoms with Crippen molar-refractivity contribution < 1.29 is 5.03 Å². The molecule has 64 valence electrons. The highest BCUT2D eigenvalue weighted by Crippen LogP contribution is 1.71. The second kappa shape index (κ2) is 2.61. The number of rotatable bonds is 1. The molecule has 1 rings (SSSR count). The SMILES string of the molecule is Cn1ccc(=O)n([N+](=O)[O-])c1=O. The Bertz CT molecular complexity index is 429. The fourth-order valence-corrected chi connectivity index (χ4v) is 0.704. The first-order chi connectivity index (χ1) is 5.54. The lowest BCUT2D eigenvalue weighted by molar-refractivity contribution is -0.548. The minimum atomic E-state index is -1.05. The summed E-state index contributed by atoms with van der Waals surface area (Å²) in [6.45, 7) is 0. The van der Waals surface area contributed by atoms with Gasteiger partial charge in [0, 0.05) is 24.0 Å². The van der Waals surface area contributed by atoms with E-state index in [-0.39, 0.29) is 4.68 Å². The average molecular weight is 171 g/mol. The fraction of sp³-hybridized carbons (Fsp3) is 0.200. The van der Waals surface area contributed by atoms with Crippen LogP contribution in [0.1, 0.15) is 0 Å². The third-order valence-corrected chi connectivity index (χ3v) is 1.30. The van der Waals surface area contributed by atoms with Crippen molar-refractivity contribution in [2.75, 3.05) is 0 Å². The van der Waals surface area contributed by atoms with Crippen LogP contribution in [0.15, 0.2) is 21.9 Å². The molecular formula is C5H5N3O4. The zero-order valence-electron chi connectivity index (χ0n) is 6.13. The van der Waals surface area contributed by atoms with Gasteiger partial charge in [0.25, 0.3) is 0 Å². The minimum Gasteiger partial charge on any atom is -0.299 e. The molecule has 7 heteroatoms. The minimum absolute atomic E-state index is 0.0556. The maximum absolute atomic E-state index is 10.9. The smallest absolute Gasteiger partial charge is 0.299 e. The van der Waals surface area contributed by atoms with Crippen LogP contribution in [0, 0.1) is 10.1 Å². The van der Waals surface area contributed by atoms with Gasteiger partial charge in [0.05, 0.1) is 0 Å². The van der Waals surface area contributed by atoms with Gasteiger partial charge >= 0.3 is 11.2 Å². The molecular weight excluding hydrogens is 166 g/mol. The molecule has 0 fully saturated rings. The summed E-state index contributed by atoms with van der Waals surface area (Å²) >= 11 is 0. The Hall–Kier alpha value is -1.92. The zero-order valence-corrected chi connectivity index (χ0v) is 6.13. The van der Waals surface area contributed by atoms with E-state index in [0.717, 1.165) is 10.6 Å². The molecule has 0 bridgehead atoms. The zero-order chi connectivity index (χ0) is 9.30. The van der Waals surface area contributed by atoms with Crippen LogP contribution < -0.4 is 11.2 Å². The van der Waals surface area contributed by atoms with E-state index in [1.54, 1.807) is 0 Å². The quantitative estimate of drug-likeness (QED) is 0.383. The maximum Gasteiger partial charge on any atom is 0.391 e. The van der Waals surface area contributed by atoms with Crippen LogP contribution in [-0.2, 0) is 7.05 Å². The van der Waals surface area contributed by atoms with Gasteiger partial charge in [-0.3, -0.25) is 9.36 Å². The molecule has 0 aliphatic rings. The number of hydrogen-bond donors (Lipinski definition) is 0. The van der Waals surface area contributed by atoms with Crippen molar-refractivity contribution in [2.45, 2.75) is 0 Å². The van der Waals surface area contributed by atoms with E-state index < -0.39 is 16.3 Å². The van der Waals surface area contributed by atoms with Crippen molar-refractivity contribution in [3.8, 4) is 0 Å². The molecule has 0 atom stereocenters. The lowest BCUT2D eigenvalue weighted by atomic mass is 10.6. The van der Waals surface area contributed by atoms with Gasteiger partial charge in [-0.1, -0.05) is 0 Å². The Morgan fingerprint density at radius 3 is 2.50 bits per heavy atom. The van der Waals surface area contributed by atoms with E-state index in [1.807, 2.05) is 0 Å². The fourth-order valence-electron chi connectivity index (χ4n) is 0.704. The summed E-state index contributed by atoms with van der Waals surface area (Å²) in [6, 6.07) is 0.949. The molecule has 0 saturated heterocycles. The largest absolute Gasteiger partial charge is 0.391 e. The van der Waals surface area contributed by atoms with E-state index in [9.17, 15) is 19.7 Å². The van der Waals surface area contributed by atoms with Crippen LogP contribution in [-0.4, -0.2) is 14.3 Å². The molecule has 1 aromatic rings. The van der Waals surface area contributed by atoms with Crippen molar-refractivity contribution >= 4 is 0 Å². The Morgan fingerprint density at radius 2 is 2.08 bits per heavy atom. The molecule has 0 spiro atoms. The highest BCUT2D eigenvalue weighted by atomic mass is 16.7. The summed E-state index contributed by atoms with van der Waals surface area (Å²) in [4.78, 5) is 31.8. The topological polar surface area (TPSA) is 87.1 Å². The number of aromatic nitrogens is 2. The van der Waals surface area contributed by atoms with E-state index in [4.69, 9.17) is 0 Å². The van der Waals surface area contributed by atoms with Gasteiger partial charge in [0.2, 0.25) is 0 Å². The van der Waals surface area contributed by atoms with Crippen molar-refractivity contribution in [3.63, 3.8) is 0 Å². The van der Waals surface area contributed by atoms with E-state index in [1.165, 1.54) is 13.2 Å². The first kappa shape index (κ1) is 8.18. The third-order valence-electron chi connectivity index (χ3n) is 1.30. The molecule has 0 amide bonds. The van der Waals surface area contributed by atoms with Gasteiger partial charge in [0.15, 0.2) is 5.03 Å². The summed E-state index contributed by atoms with van der Waals surface area (Å²) in [5, 5.41) is 9.10. The number of nitro groups is 1. The predicted octanol–water partition coefficient (Wildman–Crippen LogP) is -1.41. The lowest BCUT2D eigenvalue weighted by Gasteiger charge is -1.95. The molecule has 0 aromatic carbocycles. The first-order valence-corrected chi connectivity index (χ1v) is 2.97. The molecule has 12 heavy (non-hydrogen) atoms. The predicted molar refractivity (Wildman–Crippen MR) is 38.3 cm³/mol. The Labute approximate surface area is 65.6 Å². The molecule has 0 aliphatic heterocycles. The van der Waals surface area contributed by atoms with Crippen LogP contribution >= 0.6 is 0 Å². The van der Waals surface area contributed by atoms with Crippen LogP contribution in [0.3, 0.4) is 0 Å². The lowest BCUT2D eigenvalue weighted by Crippen LogP contribution is -2.41. The maximum atomic E-state index is 10.9. The Morgan fingerprint density at radius 1 is 1.50 bits per heavy atom. The van der Waals surface area contributed by atoms with Crippen molar-refractivity contribution in [1.29, 1.82) is 0 Å². The summed E-state index contributed by atoms with van der Waals surface area (Å²) in [5.41, 5.74) is -1.91. The van der Waals surface area contributed by atoms with Crippen molar-refractivity contribution in [1.82, 2.24) is 9.24 Å². The monoisotopic (exact) mass is 171 g/mol. The molecule has 0 unspecified atom stereocenters. The normalized spacial score (nSPS) is 9.75. The molecule has 0 saturated carbocycles. The van der Waals surface area contributed by atoms with Gasteiger partial charge in [0.1, 0.15) is 0 Å². The molecule has 0 radical (unpaired) electrons. The third kappa shape index (κ3) is 1.11. The standard InChI is InChI=1S/C5H5N3O4/c1-6-3-2-4(9)7(5(6)10)8(11)12/h2-3H,1H3. The number of hydrogen-bond acceptors (Lipinski definition) is 4. The second-order valence-corrected chi connectivity index (χ2v) is 2.10. The van der Waals surface area contributed by atoms with Gasteiger partial charge < -0.3 is 0 Å². The van der Waals surface area contributed by atoms with Gasteiger partial charge in [-0.25, -0.2) is 14.9 Å². The van der Waals surface area contributed by atoms with Crippen LogP contribution in [0.25, 0.3) is 0 Å². The molecule has 7 nitrogen and oxygen atoms in total. The summed E-state index contributed by atoms with van der Waals surface area (Å²) in [6.07, 6.45) is 1.17.